The van der Waals surface area contributed by atoms with Crippen LogP contribution in [-0.4, -0.2) is 54.7 Å². The van der Waals surface area contributed by atoms with Crippen molar-refractivity contribution in [2.45, 2.75) is 25.9 Å². The molecule has 1 aromatic rings. The number of rotatable bonds is 3. The van der Waals surface area contributed by atoms with E-state index in [2.05, 4.69) is 39.7 Å². The van der Waals surface area contributed by atoms with Crippen molar-refractivity contribution in [2.75, 3.05) is 33.8 Å². The number of likely N-dealkylation sites (N-methyl/N-ethyl adjacent to an activating group) is 1. The summed E-state index contributed by atoms with van der Waals surface area (Å²) < 4.78 is 5.90. The Balaban J connectivity index is 2.14. The number of nitrogens with zero attached hydrogens (tertiary/aromatic N) is 2. The summed E-state index contributed by atoms with van der Waals surface area (Å²) in [4.78, 5) is 4.87. The van der Waals surface area contributed by atoms with Gasteiger partial charge in [0.15, 0.2) is 11.5 Å². The highest BCUT2D eigenvalue weighted by Gasteiger charge is 2.20. The molecule has 112 valence electrons. The first-order valence-electron chi connectivity index (χ1n) is 6.99. The van der Waals surface area contributed by atoms with E-state index >= 15 is 0 Å². The Morgan fingerprint density at radius 3 is 2.85 bits per heavy atom. The average molecular weight is 343 g/mol. The zero-order valence-electron chi connectivity index (χ0n) is 12.4. The Bertz CT molecular complexity index is 467. The van der Waals surface area contributed by atoms with E-state index in [1.807, 2.05) is 12.1 Å². The normalized spacial score (nSPS) is 21.7. The second-order valence-electron chi connectivity index (χ2n) is 5.56. The summed E-state index contributed by atoms with van der Waals surface area (Å²) in [5.41, 5.74) is 1.16. The lowest BCUT2D eigenvalue weighted by Crippen LogP contribution is -2.37. The van der Waals surface area contributed by atoms with Gasteiger partial charge in [0, 0.05) is 25.7 Å². The zero-order valence-corrected chi connectivity index (χ0v) is 14.0. The topological polar surface area (TPSA) is 35.9 Å². The fourth-order valence-electron chi connectivity index (χ4n) is 2.77. The highest BCUT2D eigenvalue weighted by molar-refractivity contribution is 9.10. The third kappa shape index (κ3) is 3.65. The summed E-state index contributed by atoms with van der Waals surface area (Å²) in [6, 6.07) is 4.42. The molecule has 1 aliphatic rings. The van der Waals surface area contributed by atoms with Crippen LogP contribution < -0.4 is 4.74 Å². The van der Waals surface area contributed by atoms with E-state index in [0.29, 0.717) is 16.3 Å². The van der Waals surface area contributed by atoms with Crippen LogP contribution in [0.15, 0.2) is 16.6 Å². The Morgan fingerprint density at radius 1 is 1.40 bits per heavy atom. The van der Waals surface area contributed by atoms with Crippen LogP contribution in [0.3, 0.4) is 0 Å². The van der Waals surface area contributed by atoms with Gasteiger partial charge in [-0.25, -0.2) is 0 Å². The molecule has 4 nitrogen and oxygen atoms in total. The van der Waals surface area contributed by atoms with Crippen molar-refractivity contribution < 1.29 is 9.84 Å². The Morgan fingerprint density at radius 2 is 2.15 bits per heavy atom. The molecule has 1 atom stereocenters. The first-order valence-corrected chi connectivity index (χ1v) is 7.78. The molecular weight excluding hydrogens is 320 g/mol. The summed E-state index contributed by atoms with van der Waals surface area (Å²) in [6.45, 7) is 6.50. The summed E-state index contributed by atoms with van der Waals surface area (Å²) in [7, 11) is 3.76. The van der Waals surface area contributed by atoms with Gasteiger partial charge in [-0.3, -0.25) is 4.90 Å². The standard InChI is InChI=1S/C15H23BrN2O2/c1-11-9-17(2)5-4-6-18(11)10-12-7-13(16)15(19)14(8-12)20-3/h7-8,11,19H,4-6,9-10H2,1-3H3. The first kappa shape index (κ1) is 15.6. The van der Waals surface area contributed by atoms with Crippen LogP contribution in [0, 0.1) is 0 Å². The molecule has 1 fully saturated rings. The van der Waals surface area contributed by atoms with Crippen LogP contribution in [-0.2, 0) is 6.54 Å². The second kappa shape index (κ2) is 6.78. The van der Waals surface area contributed by atoms with E-state index < -0.39 is 0 Å². The molecule has 0 saturated carbocycles. The highest BCUT2D eigenvalue weighted by Crippen LogP contribution is 2.35. The molecule has 1 unspecified atom stereocenters. The predicted octanol–water partition coefficient (Wildman–Crippen LogP) is 2.69. The number of ether oxygens (including phenoxy) is 1. The van der Waals surface area contributed by atoms with E-state index in [0.717, 1.165) is 31.7 Å². The van der Waals surface area contributed by atoms with Gasteiger partial charge < -0.3 is 14.7 Å². The Hall–Kier alpha value is -0.780. The molecule has 0 radical (unpaired) electrons. The van der Waals surface area contributed by atoms with Gasteiger partial charge in [-0.2, -0.15) is 0 Å². The largest absolute Gasteiger partial charge is 0.503 e. The van der Waals surface area contributed by atoms with Crippen molar-refractivity contribution in [1.82, 2.24) is 9.80 Å². The summed E-state index contributed by atoms with van der Waals surface area (Å²) >= 11 is 3.39. The molecular formula is C15H23BrN2O2. The third-order valence-corrected chi connectivity index (χ3v) is 4.48. The monoisotopic (exact) mass is 342 g/mol. The number of hydrogen-bond acceptors (Lipinski definition) is 4. The molecule has 5 heteroatoms. The van der Waals surface area contributed by atoms with Crippen LogP contribution in [0.1, 0.15) is 18.9 Å². The lowest BCUT2D eigenvalue weighted by Gasteiger charge is -2.28. The summed E-state index contributed by atoms with van der Waals surface area (Å²) in [6.07, 6.45) is 1.19. The van der Waals surface area contributed by atoms with Crippen molar-refractivity contribution in [3.05, 3.63) is 22.2 Å². The van der Waals surface area contributed by atoms with Gasteiger partial charge in [-0.05, 0) is 60.6 Å². The van der Waals surface area contributed by atoms with E-state index in [-0.39, 0.29) is 5.75 Å². The van der Waals surface area contributed by atoms with Gasteiger partial charge in [0.25, 0.3) is 0 Å². The number of benzene rings is 1. The number of methoxy groups -OCH3 is 1. The number of aromatic hydroxyl groups is 1. The van der Waals surface area contributed by atoms with Gasteiger partial charge in [-0.1, -0.05) is 0 Å². The minimum atomic E-state index is 0.167. The van der Waals surface area contributed by atoms with E-state index in [4.69, 9.17) is 4.74 Å². The number of halogens is 1. The third-order valence-electron chi connectivity index (χ3n) is 3.88. The molecule has 2 rings (SSSR count). The molecule has 1 saturated heterocycles. The second-order valence-corrected chi connectivity index (χ2v) is 6.42. The van der Waals surface area contributed by atoms with Gasteiger partial charge in [0.2, 0.25) is 0 Å². The highest BCUT2D eigenvalue weighted by atomic mass is 79.9. The molecule has 0 amide bonds. The summed E-state index contributed by atoms with van der Waals surface area (Å²) in [5.74, 6) is 0.689. The van der Waals surface area contributed by atoms with Gasteiger partial charge in [-0.15, -0.1) is 0 Å². The average Bonchev–Trinajstić information content (AvgIpc) is 2.55. The van der Waals surface area contributed by atoms with Gasteiger partial charge in [0.1, 0.15) is 0 Å². The smallest absolute Gasteiger partial charge is 0.172 e. The fraction of sp³-hybridized carbons (Fsp3) is 0.600. The lowest BCUT2D eigenvalue weighted by molar-refractivity contribution is 0.194. The van der Waals surface area contributed by atoms with Crippen molar-refractivity contribution in [3.8, 4) is 11.5 Å². The minimum absolute atomic E-state index is 0.167. The van der Waals surface area contributed by atoms with Gasteiger partial charge >= 0.3 is 0 Å². The van der Waals surface area contributed by atoms with E-state index in [1.165, 1.54) is 6.42 Å². The van der Waals surface area contributed by atoms with Gasteiger partial charge in [0.05, 0.1) is 11.6 Å². The Kier molecular flexibility index (Phi) is 5.29. The molecule has 1 aliphatic heterocycles. The molecule has 0 aromatic heterocycles. The molecule has 1 heterocycles. The van der Waals surface area contributed by atoms with E-state index in [1.54, 1.807) is 7.11 Å². The van der Waals surface area contributed by atoms with Crippen LogP contribution in [0.2, 0.25) is 0 Å². The van der Waals surface area contributed by atoms with Crippen LogP contribution in [0.4, 0.5) is 0 Å². The lowest BCUT2D eigenvalue weighted by atomic mass is 10.1. The Labute approximate surface area is 129 Å². The van der Waals surface area contributed by atoms with E-state index in [9.17, 15) is 5.11 Å². The van der Waals surface area contributed by atoms with Crippen LogP contribution in [0.25, 0.3) is 0 Å². The fourth-order valence-corrected chi connectivity index (χ4v) is 3.25. The molecule has 20 heavy (non-hydrogen) atoms. The maximum absolute atomic E-state index is 9.87. The molecule has 1 aromatic carbocycles. The first-order chi connectivity index (χ1) is 9.51. The molecule has 0 bridgehead atoms. The van der Waals surface area contributed by atoms with Crippen molar-refractivity contribution in [2.24, 2.45) is 0 Å². The predicted molar refractivity (Wildman–Crippen MR) is 84.3 cm³/mol. The molecule has 0 spiro atoms. The van der Waals surface area contributed by atoms with Crippen LogP contribution in [0.5, 0.6) is 11.5 Å². The SMILES string of the molecule is COc1cc(CN2CCCN(C)CC2C)cc(Br)c1O. The number of phenols is 1. The number of phenolic OH excluding ortho intramolecular Hbond substituents is 1. The maximum atomic E-state index is 9.87. The quantitative estimate of drug-likeness (QED) is 0.916. The molecule has 1 N–H and O–H groups in total. The zero-order chi connectivity index (χ0) is 14.7. The summed E-state index contributed by atoms with van der Waals surface area (Å²) in [5, 5.41) is 9.87. The number of hydrogen-bond donors (Lipinski definition) is 1. The van der Waals surface area contributed by atoms with Crippen LogP contribution >= 0.6 is 15.9 Å². The molecule has 0 aliphatic carbocycles. The van der Waals surface area contributed by atoms with Crippen molar-refractivity contribution in [1.29, 1.82) is 0 Å². The van der Waals surface area contributed by atoms with Crippen molar-refractivity contribution in [3.63, 3.8) is 0 Å². The van der Waals surface area contributed by atoms with Crippen molar-refractivity contribution >= 4 is 15.9 Å². The maximum Gasteiger partial charge on any atom is 0.172 e. The minimum Gasteiger partial charge on any atom is -0.503 e.